The lowest BCUT2D eigenvalue weighted by atomic mass is 10.1. The van der Waals surface area contributed by atoms with Crippen LogP contribution in [0.4, 0.5) is 5.69 Å². The molecule has 0 unspecified atom stereocenters. The maximum Gasteiger partial charge on any atom is 0.282 e. The Morgan fingerprint density at radius 2 is 1.89 bits per heavy atom. The van der Waals surface area contributed by atoms with Crippen LogP contribution in [0.25, 0.3) is 0 Å². The molecule has 10 heteroatoms. The molecule has 0 bridgehead atoms. The fourth-order valence-electron chi connectivity index (χ4n) is 2.41. The highest BCUT2D eigenvalue weighted by Gasteiger charge is 2.19. The number of nitrogens with zero attached hydrogens (tertiary/aromatic N) is 2. The summed E-state index contributed by atoms with van der Waals surface area (Å²) in [5.41, 5.74) is 2.51. The van der Waals surface area contributed by atoms with Gasteiger partial charge in [0.1, 0.15) is 0 Å². The third-order valence-electron chi connectivity index (χ3n) is 3.73. The van der Waals surface area contributed by atoms with Gasteiger partial charge in [0.2, 0.25) is 6.79 Å². The van der Waals surface area contributed by atoms with Crippen molar-refractivity contribution in [3.05, 3.63) is 51.6 Å². The lowest BCUT2D eigenvalue weighted by molar-refractivity contribution is -0.385. The number of nitrogens with one attached hydrogen (secondary N) is 1. The number of fused-ring (bicyclic) bond motifs is 1. The lowest BCUT2D eigenvalue weighted by Gasteiger charge is -2.08. The molecule has 1 heterocycles. The number of hydrazone groups is 1. The van der Waals surface area contributed by atoms with Crippen LogP contribution < -0.4 is 24.4 Å². The van der Waals surface area contributed by atoms with Gasteiger partial charge < -0.3 is 18.9 Å². The summed E-state index contributed by atoms with van der Waals surface area (Å²) in [5, 5.41) is 15.0. The molecule has 0 saturated heterocycles. The average molecular weight is 373 g/mol. The van der Waals surface area contributed by atoms with Crippen LogP contribution >= 0.6 is 0 Å². The molecule has 1 N–H and O–H groups in total. The minimum absolute atomic E-state index is 0.0987. The molecule has 10 nitrogen and oxygen atoms in total. The maximum absolute atomic E-state index is 12.2. The van der Waals surface area contributed by atoms with E-state index < -0.39 is 10.8 Å². The second-order valence-corrected chi connectivity index (χ2v) is 5.29. The summed E-state index contributed by atoms with van der Waals surface area (Å²) in [4.78, 5) is 22.8. The van der Waals surface area contributed by atoms with Crippen molar-refractivity contribution in [2.24, 2.45) is 5.10 Å². The zero-order chi connectivity index (χ0) is 19.4. The van der Waals surface area contributed by atoms with E-state index in [9.17, 15) is 14.9 Å². The Balaban J connectivity index is 1.79. The predicted molar refractivity (Wildman–Crippen MR) is 93.8 cm³/mol. The van der Waals surface area contributed by atoms with Crippen molar-refractivity contribution in [2.45, 2.75) is 0 Å². The number of hydrogen-bond acceptors (Lipinski definition) is 8. The van der Waals surface area contributed by atoms with Crippen molar-refractivity contribution in [3.8, 4) is 23.0 Å². The van der Waals surface area contributed by atoms with Gasteiger partial charge in [0, 0.05) is 5.56 Å². The third-order valence-corrected chi connectivity index (χ3v) is 3.73. The molecule has 2 aromatic carbocycles. The highest BCUT2D eigenvalue weighted by Crippen LogP contribution is 2.34. The number of amides is 1. The van der Waals surface area contributed by atoms with Crippen molar-refractivity contribution >= 4 is 17.8 Å². The van der Waals surface area contributed by atoms with E-state index in [0.29, 0.717) is 22.8 Å². The molecule has 0 spiro atoms. The first-order chi connectivity index (χ1) is 13.0. The van der Waals surface area contributed by atoms with Gasteiger partial charge in [-0.15, -0.1) is 0 Å². The van der Waals surface area contributed by atoms with Gasteiger partial charge in [-0.1, -0.05) is 0 Å². The normalized spacial score (nSPS) is 12.1. The fourth-order valence-corrected chi connectivity index (χ4v) is 2.41. The Bertz CT molecular complexity index is 927. The first kappa shape index (κ1) is 18.0. The summed E-state index contributed by atoms with van der Waals surface area (Å²) in [6, 6.07) is 7.30. The van der Waals surface area contributed by atoms with E-state index in [1.54, 1.807) is 12.1 Å². The molecule has 1 aliphatic rings. The first-order valence-corrected chi connectivity index (χ1v) is 7.67. The molecule has 1 amide bonds. The van der Waals surface area contributed by atoms with Crippen LogP contribution in [0, 0.1) is 10.1 Å². The number of ether oxygens (including phenoxy) is 4. The average Bonchev–Trinajstić information content (AvgIpc) is 3.14. The Labute approximate surface area is 153 Å². The largest absolute Gasteiger partial charge is 0.493 e. The van der Waals surface area contributed by atoms with E-state index in [4.69, 9.17) is 18.9 Å². The minimum atomic E-state index is -0.580. The van der Waals surface area contributed by atoms with E-state index in [1.807, 2.05) is 0 Å². The third kappa shape index (κ3) is 3.73. The monoisotopic (exact) mass is 373 g/mol. The van der Waals surface area contributed by atoms with Crippen LogP contribution in [0.5, 0.6) is 23.0 Å². The van der Waals surface area contributed by atoms with E-state index in [0.717, 1.165) is 6.21 Å². The quantitative estimate of drug-likeness (QED) is 0.467. The van der Waals surface area contributed by atoms with Gasteiger partial charge in [0.15, 0.2) is 23.0 Å². The van der Waals surface area contributed by atoms with Crippen LogP contribution in [0.15, 0.2) is 35.4 Å². The molecule has 0 atom stereocenters. The number of rotatable bonds is 6. The Morgan fingerprint density at radius 1 is 1.19 bits per heavy atom. The molecule has 1 aliphatic heterocycles. The van der Waals surface area contributed by atoms with E-state index in [-0.39, 0.29) is 23.8 Å². The molecule has 2 aromatic rings. The SMILES string of the molecule is COc1cc(/C=N/NC(=O)c2ccc3c(c2)OCO3)c([N+](=O)[O-])cc1OC. The second kappa shape index (κ2) is 7.60. The van der Waals surface area contributed by atoms with E-state index in [2.05, 4.69) is 10.5 Å². The molecule has 0 aromatic heterocycles. The topological polar surface area (TPSA) is 122 Å². The van der Waals surface area contributed by atoms with Crippen LogP contribution in [0.3, 0.4) is 0 Å². The number of hydrogen-bond donors (Lipinski definition) is 1. The van der Waals surface area contributed by atoms with Crippen LogP contribution in [-0.4, -0.2) is 38.1 Å². The molecule has 140 valence electrons. The molecular weight excluding hydrogens is 358 g/mol. The molecule has 27 heavy (non-hydrogen) atoms. The zero-order valence-electron chi connectivity index (χ0n) is 14.4. The van der Waals surface area contributed by atoms with Gasteiger partial charge in [0.05, 0.1) is 37.0 Å². The van der Waals surface area contributed by atoms with Crippen molar-refractivity contribution in [2.75, 3.05) is 21.0 Å². The highest BCUT2D eigenvalue weighted by molar-refractivity contribution is 5.96. The number of benzene rings is 2. The number of carbonyl (C=O) groups is 1. The lowest BCUT2D eigenvalue weighted by Crippen LogP contribution is -2.17. The first-order valence-electron chi connectivity index (χ1n) is 7.67. The molecule has 0 aliphatic carbocycles. The molecule has 0 fully saturated rings. The highest BCUT2D eigenvalue weighted by atomic mass is 16.7. The minimum Gasteiger partial charge on any atom is -0.493 e. The number of nitro groups is 1. The van der Waals surface area contributed by atoms with Crippen molar-refractivity contribution in [1.82, 2.24) is 5.43 Å². The van der Waals surface area contributed by atoms with Gasteiger partial charge in [-0.25, -0.2) is 5.43 Å². The molecule has 0 saturated carbocycles. The Hall–Kier alpha value is -3.82. The van der Waals surface area contributed by atoms with Gasteiger partial charge in [-0.05, 0) is 24.3 Å². The van der Waals surface area contributed by atoms with Crippen LogP contribution in [-0.2, 0) is 0 Å². The van der Waals surface area contributed by atoms with E-state index in [1.165, 1.54) is 32.4 Å². The Morgan fingerprint density at radius 3 is 2.59 bits per heavy atom. The summed E-state index contributed by atoms with van der Waals surface area (Å²) in [6.07, 6.45) is 1.16. The predicted octanol–water partition coefficient (Wildman–Crippen LogP) is 2.10. The van der Waals surface area contributed by atoms with Crippen molar-refractivity contribution in [3.63, 3.8) is 0 Å². The van der Waals surface area contributed by atoms with Gasteiger partial charge in [-0.2, -0.15) is 5.10 Å². The van der Waals surface area contributed by atoms with E-state index >= 15 is 0 Å². The Kier molecular flexibility index (Phi) is 5.06. The van der Waals surface area contributed by atoms with Gasteiger partial charge >= 0.3 is 0 Å². The van der Waals surface area contributed by atoms with Crippen LogP contribution in [0.2, 0.25) is 0 Å². The fraction of sp³-hybridized carbons (Fsp3) is 0.176. The zero-order valence-corrected chi connectivity index (χ0v) is 14.4. The number of carbonyl (C=O) groups excluding carboxylic acids is 1. The van der Waals surface area contributed by atoms with Gasteiger partial charge in [0.25, 0.3) is 11.6 Å². The molecular formula is C17H15N3O7. The van der Waals surface area contributed by atoms with Crippen molar-refractivity contribution in [1.29, 1.82) is 0 Å². The summed E-state index contributed by atoms with van der Waals surface area (Å²) in [5.74, 6) is 1.02. The second-order valence-electron chi connectivity index (χ2n) is 5.29. The summed E-state index contributed by atoms with van der Waals surface area (Å²) >= 11 is 0. The summed E-state index contributed by atoms with van der Waals surface area (Å²) < 4.78 is 20.6. The number of nitro benzene ring substituents is 1. The summed E-state index contributed by atoms with van der Waals surface area (Å²) in [6.45, 7) is 0.0987. The van der Waals surface area contributed by atoms with Crippen LogP contribution in [0.1, 0.15) is 15.9 Å². The van der Waals surface area contributed by atoms with Crippen molar-refractivity contribution < 1.29 is 28.7 Å². The maximum atomic E-state index is 12.2. The summed E-state index contributed by atoms with van der Waals surface area (Å²) in [7, 11) is 2.78. The molecule has 3 rings (SSSR count). The van der Waals surface area contributed by atoms with Gasteiger partial charge in [-0.3, -0.25) is 14.9 Å². The smallest absolute Gasteiger partial charge is 0.282 e. The standard InChI is InChI=1S/C17H15N3O7/c1-24-14-6-11(12(20(22)23)7-15(14)25-2)8-18-19-17(21)10-3-4-13-16(5-10)27-9-26-13/h3-8H,9H2,1-2H3,(H,19,21)/b18-8+. The number of methoxy groups -OCH3 is 2. The molecule has 0 radical (unpaired) electrons.